The van der Waals surface area contributed by atoms with Gasteiger partial charge in [-0.15, -0.1) is 0 Å². The van der Waals surface area contributed by atoms with Crippen LogP contribution in [-0.2, 0) is 6.42 Å². The third-order valence-electron chi connectivity index (χ3n) is 5.00. The summed E-state index contributed by atoms with van der Waals surface area (Å²) in [5.41, 5.74) is 8.48. The summed E-state index contributed by atoms with van der Waals surface area (Å²) in [6.45, 7) is 6.84. The minimum absolute atomic E-state index is 0.204. The maximum absolute atomic E-state index is 6.47. The second-order valence-electron chi connectivity index (χ2n) is 6.43. The summed E-state index contributed by atoms with van der Waals surface area (Å²) in [6.07, 6.45) is 4.55. The van der Waals surface area contributed by atoms with Crippen molar-refractivity contribution in [3.05, 3.63) is 28.8 Å². The molecule has 21 heavy (non-hydrogen) atoms. The first kappa shape index (κ1) is 15.1. The second kappa shape index (κ2) is 6.55. The second-order valence-corrected chi connectivity index (χ2v) is 6.83. The average Bonchev–Trinajstić information content (AvgIpc) is 2.96. The van der Waals surface area contributed by atoms with Crippen LogP contribution in [-0.4, -0.2) is 43.2 Å². The van der Waals surface area contributed by atoms with Gasteiger partial charge in [0.25, 0.3) is 0 Å². The molecular formula is C17H26ClN3. The Morgan fingerprint density at radius 1 is 1.33 bits per heavy atom. The quantitative estimate of drug-likeness (QED) is 0.928. The molecule has 1 aromatic rings. The molecule has 0 bridgehead atoms. The highest BCUT2D eigenvalue weighted by molar-refractivity contribution is 6.31. The molecule has 2 N–H and O–H groups in total. The van der Waals surface area contributed by atoms with Gasteiger partial charge in [0.2, 0.25) is 0 Å². The minimum atomic E-state index is 0.204. The molecule has 2 atom stereocenters. The summed E-state index contributed by atoms with van der Waals surface area (Å²) in [6, 6.07) is 7.45. The number of halogens is 1. The summed E-state index contributed by atoms with van der Waals surface area (Å²) in [5, 5.41) is 0.866. The van der Waals surface area contributed by atoms with Gasteiger partial charge < -0.3 is 10.6 Å². The highest BCUT2D eigenvalue weighted by atomic mass is 35.5. The van der Waals surface area contributed by atoms with Crippen LogP contribution in [0.4, 0.5) is 5.69 Å². The lowest BCUT2D eigenvalue weighted by atomic mass is 10.0. The van der Waals surface area contributed by atoms with Crippen molar-refractivity contribution in [2.45, 2.75) is 44.7 Å². The standard InChI is InChI=1S/C17H26ClN3/c1-2-14(19)10-13-5-6-15(11-17(13)18)21-9-8-20-7-3-4-16(20)12-21/h5-6,11,14,16H,2-4,7-10,12,19H2,1H3. The Balaban J connectivity index is 1.70. The fraction of sp³-hybridized carbons (Fsp3) is 0.647. The third-order valence-corrected chi connectivity index (χ3v) is 5.35. The molecule has 2 aliphatic heterocycles. The molecule has 1 aromatic carbocycles. The predicted molar refractivity (Wildman–Crippen MR) is 90.2 cm³/mol. The molecule has 2 heterocycles. The number of piperazine rings is 1. The van der Waals surface area contributed by atoms with Gasteiger partial charge in [0.05, 0.1) is 0 Å². The van der Waals surface area contributed by atoms with E-state index in [0.29, 0.717) is 0 Å². The molecule has 0 aliphatic carbocycles. The first-order valence-corrected chi connectivity index (χ1v) is 8.58. The Morgan fingerprint density at radius 2 is 2.19 bits per heavy atom. The average molecular weight is 308 g/mol. The van der Waals surface area contributed by atoms with Crippen LogP contribution in [0.25, 0.3) is 0 Å². The van der Waals surface area contributed by atoms with Crippen LogP contribution in [0.1, 0.15) is 31.7 Å². The Bertz CT molecular complexity index is 491. The number of benzene rings is 1. The molecule has 116 valence electrons. The van der Waals surface area contributed by atoms with Gasteiger partial charge in [-0.3, -0.25) is 4.90 Å². The zero-order valence-electron chi connectivity index (χ0n) is 12.9. The first-order chi connectivity index (χ1) is 10.2. The van der Waals surface area contributed by atoms with Gasteiger partial charge in [-0.1, -0.05) is 24.6 Å². The van der Waals surface area contributed by atoms with E-state index in [1.807, 2.05) is 0 Å². The van der Waals surface area contributed by atoms with E-state index in [2.05, 4.69) is 34.9 Å². The monoisotopic (exact) mass is 307 g/mol. The number of nitrogens with two attached hydrogens (primary N) is 1. The molecule has 4 heteroatoms. The first-order valence-electron chi connectivity index (χ1n) is 8.20. The zero-order chi connectivity index (χ0) is 14.8. The van der Waals surface area contributed by atoms with Gasteiger partial charge in [0, 0.05) is 42.4 Å². The number of hydrogen-bond acceptors (Lipinski definition) is 3. The Kier molecular flexibility index (Phi) is 4.72. The van der Waals surface area contributed by atoms with Gasteiger partial charge in [-0.25, -0.2) is 0 Å². The normalized spacial score (nSPS) is 24.1. The number of nitrogens with zero attached hydrogens (tertiary/aromatic N) is 2. The Hall–Kier alpha value is -0.770. The predicted octanol–water partition coefficient (Wildman–Crippen LogP) is 2.90. The van der Waals surface area contributed by atoms with Crippen molar-refractivity contribution in [2.75, 3.05) is 31.1 Å². The Labute approximate surface area is 133 Å². The molecule has 3 nitrogen and oxygen atoms in total. The van der Waals surface area contributed by atoms with Crippen LogP contribution < -0.4 is 10.6 Å². The van der Waals surface area contributed by atoms with Crippen molar-refractivity contribution in [3.63, 3.8) is 0 Å². The van der Waals surface area contributed by atoms with E-state index in [1.165, 1.54) is 37.2 Å². The van der Waals surface area contributed by atoms with Crippen LogP contribution in [0, 0.1) is 0 Å². The fourth-order valence-electron chi connectivity index (χ4n) is 3.55. The molecule has 2 fully saturated rings. The molecule has 0 aromatic heterocycles. The summed E-state index contributed by atoms with van der Waals surface area (Å²) in [4.78, 5) is 5.12. The molecule has 0 amide bonds. The van der Waals surface area contributed by atoms with E-state index in [-0.39, 0.29) is 6.04 Å². The van der Waals surface area contributed by atoms with Crippen LogP contribution in [0.2, 0.25) is 5.02 Å². The molecule has 0 saturated carbocycles. The van der Waals surface area contributed by atoms with Crippen molar-refractivity contribution in [1.82, 2.24) is 4.90 Å². The molecule has 0 spiro atoms. The molecule has 2 aliphatic rings. The van der Waals surface area contributed by atoms with Crippen LogP contribution in [0.15, 0.2) is 18.2 Å². The zero-order valence-corrected chi connectivity index (χ0v) is 13.6. The van der Waals surface area contributed by atoms with Crippen molar-refractivity contribution in [1.29, 1.82) is 0 Å². The van der Waals surface area contributed by atoms with E-state index in [4.69, 9.17) is 17.3 Å². The van der Waals surface area contributed by atoms with Crippen LogP contribution >= 0.6 is 11.6 Å². The van der Waals surface area contributed by atoms with Gasteiger partial charge >= 0.3 is 0 Å². The van der Waals surface area contributed by atoms with E-state index in [1.54, 1.807) is 0 Å². The van der Waals surface area contributed by atoms with Crippen LogP contribution in [0.5, 0.6) is 0 Å². The highest BCUT2D eigenvalue weighted by Crippen LogP contribution is 2.29. The lowest BCUT2D eigenvalue weighted by molar-refractivity contribution is 0.231. The van der Waals surface area contributed by atoms with Crippen molar-refractivity contribution < 1.29 is 0 Å². The number of hydrogen-bond donors (Lipinski definition) is 1. The van der Waals surface area contributed by atoms with Gasteiger partial charge in [0.1, 0.15) is 0 Å². The fourth-order valence-corrected chi connectivity index (χ4v) is 3.80. The Morgan fingerprint density at radius 3 is 2.95 bits per heavy atom. The van der Waals surface area contributed by atoms with E-state index in [9.17, 15) is 0 Å². The minimum Gasteiger partial charge on any atom is -0.369 e. The highest BCUT2D eigenvalue weighted by Gasteiger charge is 2.30. The molecular weight excluding hydrogens is 282 g/mol. The molecule has 2 saturated heterocycles. The molecule has 2 unspecified atom stereocenters. The van der Waals surface area contributed by atoms with E-state index >= 15 is 0 Å². The van der Waals surface area contributed by atoms with Gasteiger partial charge in [0.15, 0.2) is 0 Å². The maximum Gasteiger partial charge on any atom is 0.0459 e. The summed E-state index contributed by atoms with van der Waals surface area (Å²) >= 11 is 6.47. The summed E-state index contributed by atoms with van der Waals surface area (Å²) < 4.78 is 0. The van der Waals surface area contributed by atoms with Gasteiger partial charge in [-0.2, -0.15) is 0 Å². The topological polar surface area (TPSA) is 32.5 Å². The smallest absolute Gasteiger partial charge is 0.0459 e. The molecule has 3 rings (SSSR count). The lowest BCUT2D eigenvalue weighted by Crippen LogP contribution is -2.50. The molecule has 0 radical (unpaired) electrons. The number of rotatable bonds is 4. The van der Waals surface area contributed by atoms with E-state index < -0.39 is 0 Å². The van der Waals surface area contributed by atoms with Crippen molar-refractivity contribution in [2.24, 2.45) is 5.73 Å². The van der Waals surface area contributed by atoms with E-state index in [0.717, 1.165) is 37.0 Å². The van der Waals surface area contributed by atoms with Gasteiger partial charge in [-0.05, 0) is 49.9 Å². The number of fused-ring (bicyclic) bond motifs is 1. The lowest BCUT2D eigenvalue weighted by Gasteiger charge is -2.39. The maximum atomic E-state index is 6.47. The number of anilines is 1. The summed E-state index contributed by atoms with van der Waals surface area (Å²) in [7, 11) is 0. The van der Waals surface area contributed by atoms with Crippen molar-refractivity contribution in [3.8, 4) is 0 Å². The summed E-state index contributed by atoms with van der Waals surface area (Å²) in [5.74, 6) is 0. The SMILES string of the molecule is CCC(N)Cc1ccc(N2CCN3CCCC3C2)cc1Cl. The van der Waals surface area contributed by atoms with Crippen LogP contribution in [0.3, 0.4) is 0 Å². The third kappa shape index (κ3) is 3.36. The van der Waals surface area contributed by atoms with Crippen molar-refractivity contribution >= 4 is 17.3 Å². The largest absolute Gasteiger partial charge is 0.369 e.